The van der Waals surface area contributed by atoms with Crippen LogP contribution in [0.3, 0.4) is 0 Å². The van der Waals surface area contributed by atoms with E-state index < -0.39 is 12.0 Å². The minimum absolute atomic E-state index is 0.0200. The van der Waals surface area contributed by atoms with Gasteiger partial charge < -0.3 is 15.7 Å². The third-order valence-electron chi connectivity index (χ3n) is 4.61. The van der Waals surface area contributed by atoms with Crippen LogP contribution in [0.1, 0.15) is 46.5 Å². The van der Waals surface area contributed by atoms with E-state index in [1.807, 2.05) is 25.7 Å². The van der Waals surface area contributed by atoms with Crippen molar-refractivity contribution in [3.63, 3.8) is 0 Å². The van der Waals surface area contributed by atoms with Gasteiger partial charge in [-0.2, -0.15) is 0 Å². The van der Waals surface area contributed by atoms with Crippen LogP contribution in [-0.2, 0) is 9.59 Å². The minimum atomic E-state index is -0.766. The van der Waals surface area contributed by atoms with Crippen LogP contribution in [-0.4, -0.2) is 41.0 Å². The van der Waals surface area contributed by atoms with Crippen LogP contribution in [0.2, 0.25) is 0 Å². The van der Waals surface area contributed by atoms with Gasteiger partial charge in [-0.25, -0.2) is 0 Å². The highest BCUT2D eigenvalue weighted by Gasteiger charge is 2.31. The molecule has 0 bridgehead atoms. The second-order valence-corrected chi connectivity index (χ2v) is 6.17. The first-order valence-electron chi connectivity index (χ1n) is 7.62. The number of piperidine rings is 1. The SMILES string of the molecule is CCC(C)C(N)C(=O)N1CCCC(C(C)CC(=O)O)C1. The van der Waals surface area contributed by atoms with E-state index in [0.29, 0.717) is 6.54 Å². The summed E-state index contributed by atoms with van der Waals surface area (Å²) < 4.78 is 0. The average Bonchev–Trinajstić information content (AvgIpc) is 2.44. The van der Waals surface area contributed by atoms with E-state index in [-0.39, 0.29) is 30.1 Å². The number of nitrogens with two attached hydrogens (primary N) is 1. The molecule has 0 spiro atoms. The van der Waals surface area contributed by atoms with Crippen molar-refractivity contribution in [1.82, 2.24) is 4.90 Å². The van der Waals surface area contributed by atoms with E-state index in [1.54, 1.807) is 0 Å². The highest BCUT2D eigenvalue weighted by atomic mass is 16.4. The van der Waals surface area contributed by atoms with Gasteiger partial charge in [-0.1, -0.05) is 27.2 Å². The van der Waals surface area contributed by atoms with E-state index in [2.05, 4.69) is 0 Å². The van der Waals surface area contributed by atoms with Gasteiger partial charge in [-0.05, 0) is 30.6 Å². The lowest BCUT2D eigenvalue weighted by Gasteiger charge is -2.37. The maximum Gasteiger partial charge on any atom is 0.303 e. The van der Waals surface area contributed by atoms with Gasteiger partial charge in [0.05, 0.1) is 6.04 Å². The van der Waals surface area contributed by atoms with Crippen LogP contribution in [0, 0.1) is 17.8 Å². The number of hydrogen-bond donors (Lipinski definition) is 2. The zero-order valence-electron chi connectivity index (χ0n) is 12.8. The summed E-state index contributed by atoms with van der Waals surface area (Å²) >= 11 is 0. The second kappa shape index (κ2) is 7.62. The Labute approximate surface area is 121 Å². The van der Waals surface area contributed by atoms with E-state index in [9.17, 15) is 9.59 Å². The molecule has 4 atom stereocenters. The normalized spacial score (nSPS) is 24.0. The van der Waals surface area contributed by atoms with Crippen molar-refractivity contribution in [1.29, 1.82) is 0 Å². The number of likely N-dealkylation sites (tertiary alicyclic amines) is 1. The topological polar surface area (TPSA) is 83.6 Å². The lowest BCUT2D eigenvalue weighted by Crippen LogP contribution is -2.51. The van der Waals surface area contributed by atoms with Crippen molar-refractivity contribution in [2.75, 3.05) is 13.1 Å². The molecule has 0 aromatic rings. The summed E-state index contributed by atoms with van der Waals surface area (Å²) in [5.74, 6) is -0.195. The predicted molar refractivity (Wildman–Crippen MR) is 78.2 cm³/mol. The molecule has 5 heteroatoms. The first kappa shape index (κ1) is 17.0. The number of carbonyl (C=O) groups is 2. The molecule has 0 aliphatic carbocycles. The Morgan fingerprint density at radius 1 is 1.40 bits per heavy atom. The zero-order chi connectivity index (χ0) is 15.3. The maximum absolute atomic E-state index is 12.4. The van der Waals surface area contributed by atoms with Crippen LogP contribution in [0.5, 0.6) is 0 Å². The smallest absolute Gasteiger partial charge is 0.303 e. The van der Waals surface area contributed by atoms with Crippen molar-refractivity contribution in [2.45, 2.75) is 52.5 Å². The van der Waals surface area contributed by atoms with Crippen molar-refractivity contribution in [3.8, 4) is 0 Å². The number of nitrogens with zero attached hydrogens (tertiary/aromatic N) is 1. The number of carboxylic acids is 1. The molecule has 0 aromatic carbocycles. The Bertz CT molecular complexity index is 346. The third kappa shape index (κ3) is 4.47. The number of amides is 1. The summed E-state index contributed by atoms with van der Waals surface area (Å²) in [5.41, 5.74) is 6.02. The maximum atomic E-state index is 12.4. The van der Waals surface area contributed by atoms with Crippen molar-refractivity contribution >= 4 is 11.9 Å². The first-order valence-corrected chi connectivity index (χ1v) is 7.62. The third-order valence-corrected chi connectivity index (χ3v) is 4.61. The summed E-state index contributed by atoms with van der Waals surface area (Å²) in [4.78, 5) is 25.0. The monoisotopic (exact) mass is 284 g/mol. The quantitative estimate of drug-likeness (QED) is 0.777. The van der Waals surface area contributed by atoms with Crippen LogP contribution in [0.25, 0.3) is 0 Å². The number of carbonyl (C=O) groups excluding carboxylic acids is 1. The molecule has 1 heterocycles. The molecule has 3 N–H and O–H groups in total. The lowest BCUT2D eigenvalue weighted by molar-refractivity contribution is -0.139. The highest BCUT2D eigenvalue weighted by molar-refractivity contribution is 5.82. The van der Waals surface area contributed by atoms with E-state index in [1.165, 1.54) is 0 Å². The molecule has 4 unspecified atom stereocenters. The molecule has 5 nitrogen and oxygen atoms in total. The number of carboxylic acid groups (broad SMARTS) is 1. The van der Waals surface area contributed by atoms with Crippen molar-refractivity contribution < 1.29 is 14.7 Å². The molecule has 0 radical (unpaired) electrons. The molecular weight excluding hydrogens is 256 g/mol. The minimum Gasteiger partial charge on any atom is -0.481 e. The summed E-state index contributed by atoms with van der Waals surface area (Å²) in [6, 6.07) is -0.437. The number of aliphatic carboxylic acids is 1. The average molecular weight is 284 g/mol. The Morgan fingerprint density at radius 2 is 2.05 bits per heavy atom. The van der Waals surface area contributed by atoms with Gasteiger partial charge >= 0.3 is 5.97 Å². The number of rotatable bonds is 6. The van der Waals surface area contributed by atoms with Gasteiger partial charge in [0.15, 0.2) is 0 Å². The Hall–Kier alpha value is -1.10. The van der Waals surface area contributed by atoms with Crippen LogP contribution >= 0.6 is 0 Å². The molecule has 1 fully saturated rings. The fraction of sp³-hybridized carbons (Fsp3) is 0.867. The second-order valence-electron chi connectivity index (χ2n) is 6.17. The van der Waals surface area contributed by atoms with Crippen molar-refractivity contribution in [3.05, 3.63) is 0 Å². The Morgan fingerprint density at radius 3 is 2.60 bits per heavy atom. The molecular formula is C15H28N2O3. The molecule has 1 rings (SSSR count). The molecule has 1 aliphatic rings. The van der Waals surface area contributed by atoms with Crippen LogP contribution in [0.15, 0.2) is 0 Å². The molecule has 1 amide bonds. The predicted octanol–water partition coefficient (Wildman–Crippen LogP) is 1.71. The first-order chi connectivity index (χ1) is 9.36. The molecule has 0 aromatic heterocycles. The van der Waals surface area contributed by atoms with Gasteiger partial charge in [-0.15, -0.1) is 0 Å². The van der Waals surface area contributed by atoms with E-state index >= 15 is 0 Å². The number of hydrogen-bond acceptors (Lipinski definition) is 3. The summed E-state index contributed by atoms with van der Waals surface area (Å²) in [6.07, 6.45) is 2.99. The highest BCUT2D eigenvalue weighted by Crippen LogP contribution is 2.26. The van der Waals surface area contributed by atoms with E-state index in [4.69, 9.17) is 10.8 Å². The summed E-state index contributed by atoms with van der Waals surface area (Å²) in [7, 11) is 0. The van der Waals surface area contributed by atoms with Crippen LogP contribution < -0.4 is 5.73 Å². The zero-order valence-corrected chi connectivity index (χ0v) is 12.8. The molecule has 0 saturated carbocycles. The molecule has 1 saturated heterocycles. The van der Waals surface area contributed by atoms with Gasteiger partial charge in [0.2, 0.25) is 5.91 Å². The van der Waals surface area contributed by atoms with Crippen LogP contribution in [0.4, 0.5) is 0 Å². The summed E-state index contributed by atoms with van der Waals surface area (Å²) in [6.45, 7) is 7.39. The molecule has 116 valence electrons. The molecule has 20 heavy (non-hydrogen) atoms. The van der Waals surface area contributed by atoms with E-state index in [0.717, 1.165) is 25.8 Å². The fourth-order valence-electron chi connectivity index (χ4n) is 2.82. The van der Waals surface area contributed by atoms with Gasteiger partial charge in [-0.3, -0.25) is 9.59 Å². The lowest BCUT2D eigenvalue weighted by atomic mass is 9.84. The fourth-order valence-corrected chi connectivity index (χ4v) is 2.82. The molecule has 1 aliphatic heterocycles. The Balaban J connectivity index is 2.60. The summed E-state index contributed by atoms with van der Waals surface area (Å²) in [5, 5.41) is 8.88. The largest absolute Gasteiger partial charge is 0.481 e. The van der Waals surface area contributed by atoms with Crippen molar-refractivity contribution in [2.24, 2.45) is 23.5 Å². The van der Waals surface area contributed by atoms with Gasteiger partial charge in [0, 0.05) is 19.5 Å². The van der Waals surface area contributed by atoms with Gasteiger partial charge in [0.1, 0.15) is 0 Å². The Kier molecular flexibility index (Phi) is 6.46. The standard InChI is InChI=1S/C15H28N2O3/c1-4-10(2)14(16)15(20)17-7-5-6-12(9-17)11(3)8-13(18)19/h10-12,14H,4-9,16H2,1-3H3,(H,18,19). The van der Waals surface area contributed by atoms with Gasteiger partial charge in [0.25, 0.3) is 0 Å².